The van der Waals surface area contributed by atoms with E-state index in [2.05, 4.69) is 169 Å². The fraction of sp³-hybridized carbons (Fsp3) is 0.0154. The van der Waals surface area contributed by atoms with Gasteiger partial charge in [0.25, 0.3) is 0 Å². The Hall–Kier alpha value is -9.04. The van der Waals surface area contributed by atoms with Crippen LogP contribution in [-0.2, 0) is 5.41 Å². The molecule has 0 unspecified atom stereocenters. The average Bonchev–Trinajstić information content (AvgIpc) is 3.38. The standard InChI is InChI=1S/C65H44/c1-5-49-9-17-53(18-10-49)25-29-57-33-41-61(42-34-57)65(62-43-35-58(36-44-62)30-26-54-19-11-50(6-2)12-20-54,63-45-37-59(38-46-63)31-27-55-21-13-51(7-3)14-22-55)64-47-39-60(40-48-64)32-28-56-23-15-52(8-4)16-24-56/h1-4,9-48H/b29-25+,30-26+,31-27+,32-28+. The van der Waals surface area contributed by atoms with Crippen LogP contribution in [-0.4, -0.2) is 0 Å². The highest BCUT2D eigenvalue weighted by Gasteiger charge is 2.38. The van der Waals surface area contributed by atoms with Gasteiger partial charge >= 0.3 is 0 Å². The lowest BCUT2D eigenvalue weighted by molar-refractivity contribution is 0.744. The molecule has 0 heterocycles. The zero-order valence-electron chi connectivity index (χ0n) is 35.9. The van der Waals surface area contributed by atoms with Gasteiger partial charge in [0.15, 0.2) is 0 Å². The number of benzene rings is 8. The van der Waals surface area contributed by atoms with E-state index >= 15 is 0 Å². The van der Waals surface area contributed by atoms with E-state index in [0.29, 0.717) is 0 Å². The minimum atomic E-state index is -0.693. The van der Waals surface area contributed by atoms with Crippen molar-refractivity contribution in [2.24, 2.45) is 0 Å². The molecule has 0 N–H and O–H groups in total. The second-order valence-electron chi connectivity index (χ2n) is 15.6. The molecule has 8 rings (SSSR count). The van der Waals surface area contributed by atoms with Crippen molar-refractivity contribution in [3.63, 3.8) is 0 Å². The highest BCUT2D eigenvalue weighted by Crippen LogP contribution is 2.46. The van der Waals surface area contributed by atoms with Crippen LogP contribution in [0.1, 0.15) is 89.0 Å². The van der Waals surface area contributed by atoms with E-state index in [1.165, 1.54) is 0 Å². The molecule has 0 saturated carbocycles. The maximum atomic E-state index is 5.60. The molecule has 0 nitrogen and oxygen atoms in total. The van der Waals surface area contributed by atoms with Crippen molar-refractivity contribution in [3.8, 4) is 49.4 Å². The maximum Gasteiger partial charge on any atom is 0.0701 e. The Bertz CT molecular complexity index is 2730. The molecule has 8 aromatic rings. The van der Waals surface area contributed by atoms with Crippen molar-refractivity contribution in [1.29, 1.82) is 0 Å². The molecule has 0 spiro atoms. The fourth-order valence-corrected chi connectivity index (χ4v) is 7.91. The van der Waals surface area contributed by atoms with Crippen LogP contribution in [0.4, 0.5) is 0 Å². The first-order chi connectivity index (χ1) is 31.9. The van der Waals surface area contributed by atoms with Gasteiger partial charge in [0.05, 0.1) is 5.41 Å². The molecule has 0 amide bonds. The van der Waals surface area contributed by atoms with Crippen LogP contribution in [0.2, 0.25) is 0 Å². The van der Waals surface area contributed by atoms with Crippen LogP contribution in [0.15, 0.2) is 194 Å². The minimum Gasteiger partial charge on any atom is -0.115 e. The Balaban J connectivity index is 1.23. The molecule has 0 atom stereocenters. The van der Waals surface area contributed by atoms with Gasteiger partial charge in [0.1, 0.15) is 0 Å². The Morgan fingerprint density at radius 3 is 0.492 bits per heavy atom. The normalized spacial score (nSPS) is 11.4. The van der Waals surface area contributed by atoms with E-state index in [0.717, 1.165) is 89.0 Å². The molecule has 8 aromatic carbocycles. The lowest BCUT2D eigenvalue weighted by atomic mass is 9.64. The first-order valence-corrected chi connectivity index (χ1v) is 21.4. The summed E-state index contributed by atoms with van der Waals surface area (Å²) in [5, 5.41) is 0. The van der Waals surface area contributed by atoms with E-state index in [9.17, 15) is 0 Å². The smallest absolute Gasteiger partial charge is 0.0701 e. The molecule has 0 saturated heterocycles. The highest BCUT2D eigenvalue weighted by molar-refractivity contribution is 5.75. The lowest BCUT2D eigenvalue weighted by Gasteiger charge is -2.37. The summed E-state index contributed by atoms with van der Waals surface area (Å²) < 4.78 is 0. The quantitative estimate of drug-likeness (QED) is 0.0654. The lowest BCUT2D eigenvalue weighted by Crippen LogP contribution is -2.31. The summed E-state index contributed by atoms with van der Waals surface area (Å²) in [5.41, 5.74) is 16.0. The SMILES string of the molecule is C#Cc1ccc(/C=C/c2ccc(C(c3ccc(/C=C/c4ccc(C#C)cc4)cc3)(c3ccc(/C=C/c4ccc(C#C)cc4)cc3)c3ccc(/C=C/c4ccc(C#C)cc4)cc3)cc2)cc1. The molecule has 0 fully saturated rings. The molecule has 304 valence electrons. The molecular formula is C65H44. The van der Waals surface area contributed by atoms with Gasteiger partial charge in [0, 0.05) is 22.3 Å². The highest BCUT2D eigenvalue weighted by atomic mass is 14.4. The van der Waals surface area contributed by atoms with Crippen molar-refractivity contribution in [2.75, 3.05) is 0 Å². The third-order valence-corrected chi connectivity index (χ3v) is 11.6. The Morgan fingerprint density at radius 1 is 0.215 bits per heavy atom. The van der Waals surface area contributed by atoms with Crippen molar-refractivity contribution in [3.05, 3.63) is 283 Å². The monoisotopic (exact) mass is 824 g/mol. The zero-order valence-corrected chi connectivity index (χ0v) is 35.9. The topological polar surface area (TPSA) is 0 Å². The van der Waals surface area contributed by atoms with E-state index in [1.54, 1.807) is 0 Å². The number of terminal acetylenes is 4. The summed E-state index contributed by atoms with van der Waals surface area (Å²) in [5.74, 6) is 10.8. The number of rotatable bonds is 12. The first kappa shape index (κ1) is 42.6. The van der Waals surface area contributed by atoms with E-state index in [-0.39, 0.29) is 0 Å². The summed E-state index contributed by atoms with van der Waals surface area (Å²) in [6.07, 6.45) is 39.4. The van der Waals surface area contributed by atoms with Crippen LogP contribution < -0.4 is 0 Å². The van der Waals surface area contributed by atoms with Gasteiger partial charge in [0.2, 0.25) is 0 Å². The van der Waals surface area contributed by atoms with Gasteiger partial charge in [-0.3, -0.25) is 0 Å². The van der Waals surface area contributed by atoms with E-state index < -0.39 is 5.41 Å². The summed E-state index contributed by atoms with van der Waals surface area (Å²) in [4.78, 5) is 0. The third-order valence-electron chi connectivity index (χ3n) is 11.6. The molecule has 0 aliphatic carbocycles. The van der Waals surface area contributed by atoms with Crippen LogP contribution >= 0.6 is 0 Å². The van der Waals surface area contributed by atoms with Gasteiger partial charge in [-0.05, 0) is 115 Å². The first-order valence-electron chi connectivity index (χ1n) is 21.4. The van der Waals surface area contributed by atoms with Gasteiger partial charge < -0.3 is 0 Å². The zero-order chi connectivity index (χ0) is 44.9. The van der Waals surface area contributed by atoms with Crippen molar-refractivity contribution >= 4 is 48.6 Å². The average molecular weight is 825 g/mol. The van der Waals surface area contributed by atoms with Crippen molar-refractivity contribution < 1.29 is 0 Å². The summed E-state index contributed by atoms with van der Waals surface area (Å²) >= 11 is 0. The summed E-state index contributed by atoms with van der Waals surface area (Å²) in [7, 11) is 0. The predicted molar refractivity (Wildman–Crippen MR) is 278 cm³/mol. The van der Waals surface area contributed by atoms with Gasteiger partial charge in [-0.25, -0.2) is 0 Å². The summed E-state index contributed by atoms with van der Waals surface area (Å²) in [6, 6.07) is 67.7. The van der Waals surface area contributed by atoms with Gasteiger partial charge in [-0.2, -0.15) is 0 Å². The molecule has 65 heavy (non-hydrogen) atoms. The van der Waals surface area contributed by atoms with Crippen molar-refractivity contribution in [1.82, 2.24) is 0 Å². The third kappa shape index (κ3) is 10.2. The largest absolute Gasteiger partial charge is 0.115 e. The van der Waals surface area contributed by atoms with E-state index in [1.807, 2.05) is 97.1 Å². The molecule has 0 radical (unpaired) electrons. The molecule has 0 bridgehead atoms. The maximum absolute atomic E-state index is 5.60. The van der Waals surface area contributed by atoms with Gasteiger partial charge in [-0.1, -0.05) is 218 Å². The molecule has 0 aliphatic rings. The van der Waals surface area contributed by atoms with E-state index in [4.69, 9.17) is 25.7 Å². The number of hydrogen-bond donors (Lipinski definition) is 0. The molecule has 0 heteroatoms. The Labute approximate surface area is 384 Å². The Morgan fingerprint density at radius 2 is 0.354 bits per heavy atom. The predicted octanol–water partition coefficient (Wildman–Crippen LogP) is 14.7. The second kappa shape index (κ2) is 20.2. The molecular weight excluding hydrogens is 781 g/mol. The molecule has 0 aliphatic heterocycles. The van der Waals surface area contributed by atoms with Crippen LogP contribution in [0, 0.1) is 49.4 Å². The number of hydrogen-bond acceptors (Lipinski definition) is 0. The van der Waals surface area contributed by atoms with Crippen LogP contribution in [0.25, 0.3) is 48.6 Å². The fourth-order valence-electron chi connectivity index (χ4n) is 7.91. The Kier molecular flexibility index (Phi) is 13.3. The van der Waals surface area contributed by atoms with Gasteiger partial charge in [-0.15, -0.1) is 25.7 Å². The molecule has 0 aromatic heterocycles. The minimum absolute atomic E-state index is 0.693. The summed E-state index contributed by atoms with van der Waals surface area (Å²) in [6.45, 7) is 0. The van der Waals surface area contributed by atoms with Crippen LogP contribution in [0.3, 0.4) is 0 Å². The second-order valence-corrected chi connectivity index (χ2v) is 15.6. The van der Waals surface area contributed by atoms with Crippen LogP contribution in [0.5, 0.6) is 0 Å². The van der Waals surface area contributed by atoms with Crippen molar-refractivity contribution in [2.45, 2.75) is 5.41 Å².